The number of hydrogen-bond acceptors (Lipinski definition) is 4. The Labute approximate surface area is 122 Å². The molecule has 1 saturated heterocycles. The van der Waals surface area contributed by atoms with Crippen LogP contribution < -0.4 is 5.32 Å². The molecule has 20 heavy (non-hydrogen) atoms. The Morgan fingerprint density at radius 2 is 2.20 bits per heavy atom. The number of aromatic amines is 1. The number of H-pyrrole nitrogens is 1. The Kier molecular flexibility index (Phi) is 3.35. The van der Waals surface area contributed by atoms with Gasteiger partial charge < -0.3 is 10.3 Å². The zero-order valence-corrected chi connectivity index (χ0v) is 12.0. The molecule has 4 heterocycles. The topological polar surface area (TPSA) is 70.9 Å². The number of fused-ring (bicyclic) bond motifs is 3. The lowest BCUT2D eigenvalue weighted by atomic mass is 9.91. The first kappa shape index (κ1) is 13.3. The lowest BCUT2D eigenvalue weighted by Gasteiger charge is -2.26. The van der Waals surface area contributed by atoms with Crippen molar-refractivity contribution in [3.63, 3.8) is 0 Å². The second kappa shape index (κ2) is 5.03. The van der Waals surface area contributed by atoms with Crippen LogP contribution in [0.2, 0.25) is 0 Å². The van der Waals surface area contributed by atoms with Crippen molar-refractivity contribution in [2.24, 2.45) is 5.92 Å². The van der Waals surface area contributed by atoms with Gasteiger partial charge in [-0.05, 0) is 24.9 Å². The molecular weight excluding hydrogens is 276 g/mol. The molecule has 0 aliphatic carbocycles. The molecule has 3 aromatic heterocycles. The highest BCUT2D eigenvalue weighted by atomic mass is 35.5. The zero-order chi connectivity index (χ0) is 12.8. The number of nitrogens with zero attached hydrogens (tertiary/aromatic N) is 4. The van der Waals surface area contributed by atoms with Crippen molar-refractivity contribution in [3.8, 4) is 0 Å². The minimum atomic E-state index is 0. The van der Waals surface area contributed by atoms with Crippen molar-refractivity contribution in [3.05, 3.63) is 24.3 Å². The number of halogens is 1. The fourth-order valence-corrected chi connectivity index (χ4v) is 3.02. The highest BCUT2D eigenvalue weighted by molar-refractivity contribution is 5.85. The monoisotopic (exact) mass is 292 g/mol. The number of nitrogens with one attached hydrogen (secondary N) is 2. The fourth-order valence-electron chi connectivity index (χ4n) is 3.02. The van der Waals surface area contributed by atoms with Gasteiger partial charge >= 0.3 is 0 Å². The summed E-state index contributed by atoms with van der Waals surface area (Å²) in [4.78, 5) is 7.49. The molecular formula is C13H17ClN6. The second-order valence-corrected chi connectivity index (χ2v) is 5.42. The Morgan fingerprint density at radius 1 is 1.30 bits per heavy atom. The quantitative estimate of drug-likeness (QED) is 0.717. The zero-order valence-electron chi connectivity index (χ0n) is 11.2. The SMILES string of the molecule is CC1CNCC(c2nnc3cnc4[nH]ccc4n23)C1.Cl. The first-order chi connectivity index (χ1) is 9.33. The summed E-state index contributed by atoms with van der Waals surface area (Å²) in [5, 5.41) is 12.1. The van der Waals surface area contributed by atoms with Crippen molar-refractivity contribution in [1.29, 1.82) is 0 Å². The molecule has 0 aromatic carbocycles. The molecule has 0 amide bonds. The third-order valence-corrected chi connectivity index (χ3v) is 3.90. The summed E-state index contributed by atoms with van der Waals surface area (Å²) in [6.45, 7) is 4.34. The fraction of sp³-hybridized carbons (Fsp3) is 0.462. The maximum absolute atomic E-state index is 4.40. The van der Waals surface area contributed by atoms with Crippen LogP contribution in [0, 0.1) is 5.92 Å². The van der Waals surface area contributed by atoms with Crippen LogP contribution in [0.25, 0.3) is 16.8 Å². The van der Waals surface area contributed by atoms with E-state index in [0.717, 1.165) is 42.1 Å². The molecule has 1 fully saturated rings. The van der Waals surface area contributed by atoms with Gasteiger partial charge in [-0.15, -0.1) is 22.6 Å². The first-order valence-electron chi connectivity index (χ1n) is 6.71. The van der Waals surface area contributed by atoms with Gasteiger partial charge in [0.05, 0.1) is 11.7 Å². The van der Waals surface area contributed by atoms with Gasteiger partial charge in [-0.1, -0.05) is 6.92 Å². The summed E-state index contributed by atoms with van der Waals surface area (Å²) < 4.78 is 2.13. The number of aromatic nitrogens is 5. The van der Waals surface area contributed by atoms with Crippen molar-refractivity contribution in [2.75, 3.05) is 13.1 Å². The first-order valence-corrected chi connectivity index (χ1v) is 6.71. The van der Waals surface area contributed by atoms with Crippen LogP contribution in [0.15, 0.2) is 18.5 Å². The number of rotatable bonds is 1. The largest absolute Gasteiger partial charge is 0.345 e. The number of piperidine rings is 1. The van der Waals surface area contributed by atoms with Gasteiger partial charge in [-0.3, -0.25) is 4.40 Å². The van der Waals surface area contributed by atoms with Crippen LogP contribution in [0.3, 0.4) is 0 Å². The lowest BCUT2D eigenvalue weighted by molar-refractivity contribution is 0.354. The Hall–Kier alpha value is -1.66. The normalized spacial score (nSPS) is 23.1. The van der Waals surface area contributed by atoms with Crippen LogP contribution in [-0.4, -0.2) is 37.7 Å². The maximum atomic E-state index is 4.40. The van der Waals surface area contributed by atoms with Crippen LogP contribution in [0.4, 0.5) is 0 Å². The van der Waals surface area contributed by atoms with Gasteiger partial charge in [-0.2, -0.15) is 0 Å². The molecule has 2 unspecified atom stereocenters. The van der Waals surface area contributed by atoms with Crippen LogP contribution in [0.1, 0.15) is 25.1 Å². The average molecular weight is 293 g/mol. The van der Waals surface area contributed by atoms with Crippen molar-refractivity contribution in [1.82, 2.24) is 29.9 Å². The van der Waals surface area contributed by atoms with E-state index in [4.69, 9.17) is 0 Å². The molecule has 106 valence electrons. The molecule has 2 atom stereocenters. The average Bonchev–Trinajstić information content (AvgIpc) is 3.04. The molecule has 4 rings (SSSR count). The van der Waals surface area contributed by atoms with Gasteiger partial charge in [-0.25, -0.2) is 4.98 Å². The maximum Gasteiger partial charge on any atom is 0.179 e. The lowest BCUT2D eigenvalue weighted by Crippen LogP contribution is -2.34. The Bertz CT molecular complexity index is 733. The van der Waals surface area contributed by atoms with E-state index in [1.807, 2.05) is 12.3 Å². The predicted octanol–water partition coefficient (Wildman–Crippen LogP) is 1.74. The van der Waals surface area contributed by atoms with E-state index in [1.165, 1.54) is 0 Å². The van der Waals surface area contributed by atoms with Gasteiger partial charge in [0.15, 0.2) is 11.3 Å². The van der Waals surface area contributed by atoms with Crippen LogP contribution in [0.5, 0.6) is 0 Å². The molecule has 6 nitrogen and oxygen atoms in total. The smallest absolute Gasteiger partial charge is 0.179 e. The van der Waals surface area contributed by atoms with E-state index in [-0.39, 0.29) is 12.4 Å². The van der Waals surface area contributed by atoms with E-state index < -0.39 is 0 Å². The standard InChI is InChI=1S/C13H16N6.ClH/c1-8-4-9(6-14-5-8)13-18-17-11-7-16-12-10(19(11)13)2-3-15-12;/h2-3,7-9,14-15H,4-6H2,1H3;1H. The van der Waals surface area contributed by atoms with E-state index in [0.29, 0.717) is 11.8 Å². The van der Waals surface area contributed by atoms with Gasteiger partial charge in [0.1, 0.15) is 5.82 Å². The summed E-state index contributed by atoms with van der Waals surface area (Å²) in [6.07, 6.45) is 4.83. The minimum absolute atomic E-state index is 0. The molecule has 0 bridgehead atoms. The summed E-state index contributed by atoms with van der Waals surface area (Å²) in [6, 6.07) is 2.03. The Morgan fingerprint density at radius 3 is 3.05 bits per heavy atom. The van der Waals surface area contributed by atoms with E-state index in [2.05, 4.69) is 36.8 Å². The van der Waals surface area contributed by atoms with E-state index >= 15 is 0 Å². The van der Waals surface area contributed by atoms with Crippen molar-refractivity contribution >= 4 is 29.2 Å². The molecule has 3 aromatic rings. The summed E-state index contributed by atoms with van der Waals surface area (Å²) >= 11 is 0. The summed E-state index contributed by atoms with van der Waals surface area (Å²) in [5.74, 6) is 2.13. The van der Waals surface area contributed by atoms with E-state index in [9.17, 15) is 0 Å². The van der Waals surface area contributed by atoms with E-state index in [1.54, 1.807) is 6.20 Å². The van der Waals surface area contributed by atoms with Crippen molar-refractivity contribution < 1.29 is 0 Å². The van der Waals surface area contributed by atoms with Crippen LogP contribution >= 0.6 is 12.4 Å². The molecule has 0 radical (unpaired) electrons. The molecule has 0 saturated carbocycles. The minimum Gasteiger partial charge on any atom is -0.345 e. The van der Waals surface area contributed by atoms with Gasteiger partial charge in [0, 0.05) is 18.7 Å². The molecule has 7 heteroatoms. The number of hydrogen-bond donors (Lipinski definition) is 2. The summed E-state index contributed by atoms with van der Waals surface area (Å²) in [7, 11) is 0. The third-order valence-electron chi connectivity index (χ3n) is 3.90. The van der Waals surface area contributed by atoms with Gasteiger partial charge in [0.25, 0.3) is 0 Å². The molecule has 1 aliphatic rings. The molecule has 2 N–H and O–H groups in total. The predicted molar refractivity (Wildman–Crippen MR) is 79.3 cm³/mol. The third kappa shape index (κ3) is 1.96. The van der Waals surface area contributed by atoms with Crippen LogP contribution in [-0.2, 0) is 0 Å². The summed E-state index contributed by atoms with van der Waals surface area (Å²) in [5.41, 5.74) is 2.75. The second-order valence-electron chi connectivity index (χ2n) is 5.42. The van der Waals surface area contributed by atoms with Crippen molar-refractivity contribution in [2.45, 2.75) is 19.3 Å². The highest BCUT2D eigenvalue weighted by Gasteiger charge is 2.25. The molecule has 1 aliphatic heterocycles. The Balaban J connectivity index is 0.00000121. The van der Waals surface area contributed by atoms with Gasteiger partial charge in [0.2, 0.25) is 0 Å². The highest BCUT2D eigenvalue weighted by Crippen LogP contribution is 2.26. The molecule has 0 spiro atoms.